The minimum Gasteiger partial charge on any atom is -0.493 e. The van der Waals surface area contributed by atoms with Crippen molar-refractivity contribution in [3.05, 3.63) is 23.8 Å². The van der Waals surface area contributed by atoms with Gasteiger partial charge in [0.25, 0.3) is 5.91 Å². The fourth-order valence-corrected chi connectivity index (χ4v) is 2.39. The van der Waals surface area contributed by atoms with Gasteiger partial charge in [0.2, 0.25) is 0 Å². The summed E-state index contributed by atoms with van der Waals surface area (Å²) in [5.41, 5.74) is 0.559. The Hall–Kier alpha value is -1.23. The Bertz CT molecular complexity index is 475. The lowest BCUT2D eigenvalue weighted by atomic mass is 9.88. The van der Waals surface area contributed by atoms with Crippen molar-refractivity contribution in [2.75, 3.05) is 26.1 Å². The zero-order chi connectivity index (χ0) is 15.9. The maximum absolute atomic E-state index is 12.4. The van der Waals surface area contributed by atoms with Crippen LogP contribution in [0.3, 0.4) is 0 Å². The second-order valence-electron chi connectivity index (χ2n) is 5.68. The maximum atomic E-state index is 12.4. The number of methoxy groups -OCH3 is 2. The van der Waals surface area contributed by atoms with Crippen molar-refractivity contribution >= 4 is 21.8 Å². The normalized spacial score (nSPS) is 11.1. The number of benzene rings is 1. The van der Waals surface area contributed by atoms with Crippen LogP contribution < -0.4 is 14.8 Å². The van der Waals surface area contributed by atoms with Gasteiger partial charge in [-0.1, -0.05) is 35.8 Å². The van der Waals surface area contributed by atoms with Crippen molar-refractivity contribution in [1.82, 2.24) is 5.32 Å². The van der Waals surface area contributed by atoms with Gasteiger partial charge in [-0.25, -0.2) is 0 Å². The van der Waals surface area contributed by atoms with Gasteiger partial charge in [0, 0.05) is 11.9 Å². The third-order valence-electron chi connectivity index (χ3n) is 3.36. The number of hydrogen-bond acceptors (Lipinski definition) is 3. The molecule has 118 valence electrons. The Kier molecular flexibility index (Phi) is 7.02. The first-order valence-corrected chi connectivity index (χ1v) is 8.12. The number of carbonyl (C=O) groups is 1. The summed E-state index contributed by atoms with van der Waals surface area (Å²) in [7, 11) is 3.09. The van der Waals surface area contributed by atoms with Crippen LogP contribution in [-0.4, -0.2) is 32.0 Å². The minimum absolute atomic E-state index is 0.0650. The van der Waals surface area contributed by atoms with E-state index in [2.05, 4.69) is 35.1 Å². The van der Waals surface area contributed by atoms with Crippen molar-refractivity contribution in [1.29, 1.82) is 0 Å². The average molecular weight is 358 g/mol. The molecule has 0 aliphatic heterocycles. The van der Waals surface area contributed by atoms with Crippen LogP contribution in [0.2, 0.25) is 0 Å². The number of carbonyl (C=O) groups excluding carboxylic acids is 1. The third kappa shape index (κ3) is 5.23. The molecule has 1 amide bonds. The van der Waals surface area contributed by atoms with Crippen molar-refractivity contribution in [2.45, 2.75) is 26.7 Å². The zero-order valence-corrected chi connectivity index (χ0v) is 14.7. The molecule has 1 N–H and O–H groups in total. The highest BCUT2D eigenvalue weighted by atomic mass is 79.9. The fourth-order valence-electron chi connectivity index (χ4n) is 2.11. The predicted molar refractivity (Wildman–Crippen MR) is 88.7 cm³/mol. The van der Waals surface area contributed by atoms with E-state index in [1.165, 1.54) is 7.11 Å². The van der Waals surface area contributed by atoms with Gasteiger partial charge in [-0.05, 0) is 30.4 Å². The van der Waals surface area contributed by atoms with Crippen LogP contribution in [-0.2, 0) is 0 Å². The van der Waals surface area contributed by atoms with Gasteiger partial charge < -0.3 is 14.8 Å². The summed E-state index contributed by atoms with van der Waals surface area (Å²) in [5.74, 6) is 0.886. The molecule has 21 heavy (non-hydrogen) atoms. The first-order chi connectivity index (χ1) is 9.95. The van der Waals surface area contributed by atoms with Crippen molar-refractivity contribution in [3.63, 3.8) is 0 Å². The Labute approximate surface area is 135 Å². The highest BCUT2D eigenvalue weighted by Crippen LogP contribution is 2.30. The number of para-hydroxylation sites is 1. The molecule has 0 bridgehead atoms. The predicted octanol–water partition coefficient (Wildman–Crippen LogP) is 3.63. The van der Waals surface area contributed by atoms with Crippen LogP contribution in [0.5, 0.6) is 11.5 Å². The Morgan fingerprint density at radius 1 is 1.29 bits per heavy atom. The van der Waals surface area contributed by atoms with Gasteiger partial charge in [-0.3, -0.25) is 4.79 Å². The van der Waals surface area contributed by atoms with Crippen molar-refractivity contribution < 1.29 is 14.3 Å². The molecule has 0 aliphatic carbocycles. The van der Waals surface area contributed by atoms with Gasteiger partial charge in [-0.15, -0.1) is 0 Å². The number of rotatable bonds is 8. The molecular formula is C16H24BrNO3. The Morgan fingerprint density at radius 3 is 2.57 bits per heavy atom. The SMILES string of the molecule is COc1cccc(C(=O)NCC(C)(C)CCCBr)c1OC. The summed E-state index contributed by atoms with van der Waals surface area (Å²) in [6.45, 7) is 4.93. The monoisotopic (exact) mass is 357 g/mol. The van der Waals surface area contributed by atoms with E-state index in [9.17, 15) is 4.79 Å². The standard InChI is InChI=1S/C16H24BrNO3/c1-16(2,9-6-10-17)11-18-15(19)12-7-5-8-13(20-3)14(12)21-4/h5,7-8H,6,9-11H2,1-4H3,(H,18,19). The van der Waals surface area contributed by atoms with Gasteiger partial charge >= 0.3 is 0 Å². The van der Waals surface area contributed by atoms with Crippen LogP contribution in [0.15, 0.2) is 18.2 Å². The largest absolute Gasteiger partial charge is 0.493 e. The molecule has 1 aromatic carbocycles. The third-order valence-corrected chi connectivity index (χ3v) is 3.92. The summed E-state index contributed by atoms with van der Waals surface area (Å²) in [5, 5.41) is 3.96. The summed E-state index contributed by atoms with van der Waals surface area (Å²) < 4.78 is 10.5. The first kappa shape index (κ1) is 17.8. The van der Waals surface area contributed by atoms with E-state index < -0.39 is 0 Å². The molecular weight excluding hydrogens is 334 g/mol. The number of nitrogens with one attached hydrogen (secondary N) is 1. The lowest BCUT2D eigenvalue weighted by Crippen LogP contribution is -2.34. The van der Waals surface area contributed by atoms with E-state index >= 15 is 0 Å². The number of amides is 1. The maximum Gasteiger partial charge on any atom is 0.255 e. The molecule has 0 aromatic heterocycles. The van der Waals surface area contributed by atoms with E-state index in [0.717, 1.165) is 18.2 Å². The van der Waals surface area contributed by atoms with E-state index in [1.807, 2.05) is 0 Å². The van der Waals surface area contributed by atoms with Crippen LogP contribution in [0.1, 0.15) is 37.0 Å². The van der Waals surface area contributed by atoms with Crippen LogP contribution in [0, 0.1) is 5.41 Å². The molecule has 0 aliphatic rings. The highest BCUT2D eigenvalue weighted by molar-refractivity contribution is 9.09. The second kappa shape index (κ2) is 8.27. The molecule has 4 nitrogen and oxygen atoms in total. The van der Waals surface area contributed by atoms with Gasteiger partial charge in [-0.2, -0.15) is 0 Å². The summed E-state index contributed by atoms with van der Waals surface area (Å²) >= 11 is 3.44. The van der Waals surface area contributed by atoms with E-state index in [0.29, 0.717) is 23.6 Å². The molecule has 0 saturated heterocycles. The van der Waals surface area contributed by atoms with Crippen LogP contribution >= 0.6 is 15.9 Å². The summed E-state index contributed by atoms with van der Waals surface area (Å²) in [6, 6.07) is 5.30. The number of hydrogen-bond donors (Lipinski definition) is 1. The summed E-state index contributed by atoms with van der Waals surface area (Å²) in [6.07, 6.45) is 2.14. The zero-order valence-electron chi connectivity index (χ0n) is 13.2. The van der Waals surface area contributed by atoms with Crippen molar-refractivity contribution in [2.24, 2.45) is 5.41 Å². The quantitative estimate of drug-likeness (QED) is 0.722. The topological polar surface area (TPSA) is 47.6 Å². The van der Waals surface area contributed by atoms with Gasteiger partial charge in [0.05, 0.1) is 19.8 Å². The van der Waals surface area contributed by atoms with E-state index in [1.54, 1.807) is 25.3 Å². The molecule has 0 saturated carbocycles. The van der Waals surface area contributed by atoms with Crippen LogP contribution in [0.25, 0.3) is 0 Å². The smallest absolute Gasteiger partial charge is 0.255 e. The van der Waals surface area contributed by atoms with Gasteiger partial charge in [0.15, 0.2) is 11.5 Å². The minimum atomic E-state index is -0.141. The van der Waals surface area contributed by atoms with Gasteiger partial charge in [0.1, 0.15) is 0 Å². The number of alkyl halides is 1. The number of halogens is 1. The molecule has 0 atom stereocenters. The molecule has 5 heteroatoms. The molecule has 0 fully saturated rings. The van der Waals surface area contributed by atoms with Crippen molar-refractivity contribution in [3.8, 4) is 11.5 Å². The summed E-state index contributed by atoms with van der Waals surface area (Å²) in [4.78, 5) is 12.4. The molecule has 0 radical (unpaired) electrons. The lowest BCUT2D eigenvalue weighted by molar-refractivity contribution is 0.0931. The Balaban J connectivity index is 2.76. The van der Waals surface area contributed by atoms with E-state index in [-0.39, 0.29) is 11.3 Å². The number of ether oxygens (including phenoxy) is 2. The fraction of sp³-hybridized carbons (Fsp3) is 0.562. The highest BCUT2D eigenvalue weighted by Gasteiger charge is 2.21. The second-order valence-corrected chi connectivity index (χ2v) is 6.47. The average Bonchev–Trinajstić information content (AvgIpc) is 2.49. The van der Waals surface area contributed by atoms with E-state index in [4.69, 9.17) is 9.47 Å². The molecule has 1 rings (SSSR count). The lowest BCUT2D eigenvalue weighted by Gasteiger charge is -2.25. The molecule has 1 aromatic rings. The van der Waals surface area contributed by atoms with Crippen LogP contribution in [0.4, 0.5) is 0 Å². The molecule has 0 spiro atoms. The molecule has 0 unspecified atom stereocenters. The molecule has 0 heterocycles. The first-order valence-electron chi connectivity index (χ1n) is 7.00. The Morgan fingerprint density at radius 2 is 2.00 bits per heavy atom.